The van der Waals surface area contributed by atoms with Crippen molar-refractivity contribution in [2.45, 2.75) is 33.2 Å². The Morgan fingerprint density at radius 1 is 0.872 bits per heavy atom. The van der Waals surface area contributed by atoms with Crippen LogP contribution in [0.25, 0.3) is 27.9 Å². The molecule has 1 saturated heterocycles. The van der Waals surface area contributed by atoms with Gasteiger partial charge in [0.15, 0.2) is 0 Å². The van der Waals surface area contributed by atoms with Crippen LogP contribution in [0.5, 0.6) is 5.75 Å². The number of aryl methyl sites for hydroxylation is 2. The van der Waals surface area contributed by atoms with Gasteiger partial charge in [0.05, 0.1) is 16.4 Å². The van der Waals surface area contributed by atoms with E-state index in [-0.39, 0.29) is 22.8 Å². The van der Waals surface area contributed by atoms with Crippen molar-refractivity contribution in [3.05, 3.63) is 87.8 Å². The molecule has 2 heterocycles. The fourth-order valence-electron chi connectivity index (χ4n) is 5.28. The average molecular weight is 549 g/mol. The van der Waals surface area contributed by atoms with Crippen molar-refractivity contribution in [1.82, 2.24) is 14.0 Å². The summed E-state index contributed by atoms with van der Waals surface area (Å²) >= 11 is 6.61. The zero-order valence-electron chi connectivity index (χ0n) is 23.0. The predicted molar refractivity (Wildman–Crippen MR) is 157 cm³/mol. The first-order valence-electron chi connectivity index (χ1n) is 13.1. The third-order valence-electron chi connectivity index (χ3n) is 7.55. The molecular formula is C31H34ClFN4O2. The molecule has 4 aromatic rings. The van der Waals surface area contributed by atoms with Crippen LogP contribution in [0.15, 0.2) is 65.7 Å². The van der Waals surface area contributed by atoms with Gasteiger partial charge in [-0.15, -0.1) is 0 Å². The second kappa shape index (κ2) is 10.2. The summed E-state index contributed by atoms with van der Waals surface area (Å²) in [6.07, 6.45) is 3.34. The molecular weight excluding hydrogens is 515 g/mol. The van der Waals surface area contributed by atoms with Crippen molar-refractivity contribution in [2.24, 2.45) is 7.05 Å². The van der Waals surface area contributed by atoms with Crippen molar-refractivity contribution < 1.29 is 9.50 Å². The minimum absolute atomic E-state index is 0.0778. The Bertz CT molecular complexity index is 1590. The minimum atomic E-state index is -0.270. The van der Waals surface area contributed by atoms with Crippen molar-refractivity contribution in [1.29, 1.82) is 0 Å². The van der Waals surface area contributed by atoms with E-state index in [0.29, 0.717) is 27.5 Å². The number of piperazine rings is 1. The third kappa shape index (κ3) is 5.21. The Hall–Kier alpha value is -3.55. The van der Waals surface area contributed by atoms with Crippen molar-refractivity contribution in [2.75, 3.05) is 31.1 Å². The van der Waals surface area contributed by atoms with Gasteiger partial charge in [-0.05, 0) is 80.8 Å². The molecule has 1 aliphatic rings. The van der Waals surface area contributed by atoms with E-state index < -0.39 is 0 Å². The zero-order valence-corrected chi connectivity index (χ0v) is 23.8. The number of hydrogen-bond acceptors (Lipinski definition) is 4. The molecule has 1 N–H and O–H groups in total. The highest BCUT2D eigenvalue weighted by atomic mass is 35.5. The molecule has 8 heteroatoms. The lowest BCUT2D eigenvalue weighted by Gasteiger charge is -2.43. The molecule has 0 aliphatic carbocycles. The lowest BCUT2D eigenvalue weighted by molar-refractivity contribution is 0.128. The van der Waals surface area contributed by atoms with E-state index in [1.54, 1.807) is 37.6 Å². The van der Waals surface area contributed by atoms with Gasteiger partial charge in [-0.2, -0.15) is 0 Å². The van der Waals surface area contributed by atoms with Gasteiger partial charge in [0.2, 0.25) is 0 Å². The molecule has 0 unspecified atom stereocenters. The maximum Gasteiger partial charge on any atom is 0.332 e. The van der Waals surface area contributed by atoms with E-state index in [1.807, 2.05) is 31.2 Å². The number of imidazole rings is 1. The van der Waals surface area contributed by atoms with E-state index in [1.165, 1.54) is 15.2 Å². The standard InChI is InChI=1S/C31H34ClFN4O2/c1-20-16-23(21-7-9-27(25(32)18-21)37-15-10-34(5)30(37)39)29(38)24(17-20)22-6-8-26(33)28(19-22)35-11-13-36(14-12-35)31(2,3)4/h6-10,15-19,38H,11-14H2,1-5H3. The molecule has 1 aliphatic heterocycles. The summed E-state index contributed by atoms with van der Waals surface area (Å²) in [5.41, 5.74) is 4.63. The lowest BCUT2D eigenvalue weighted by atomic mass is 9.94. The molecule has 0 spiro atoms. The summed E-state index contributed by atoms with van der Waals surface area (Å²) in [6, 6.07) is 14.2. The van der Waals surface area contributed by atoms with Crippen LogP contribution in [0, 0.1) is 12.7 Å². The number of phenolic OH excluding ortho intramolecular Hbond substituents is 1. The fourth-order valence-corrected chi connectivity index (χ4v) is 5.55. The van der Waals surface area contributed by atoms with Crippen LogP contribution < -0.4 is 10.6 Å². The SMILES string of the molecule is Cc1cc(-c2ccc(-n3ccn(C)c3=O)c(Cl)c2)c(O)c(-c2ccc(F)c(N3CCN(C(C)(C)C)CC3)c2)c1. The van der Waals surface area contributed by atoms with Crippen LogP contribution in [0.2, 0.25) is 5.02 Å². The molecule has 3 aromatic carbocycles. The summed E-state index contributed by atoms with van der Waals surface area (Å²) in [5.74, 6) is -0.176. The van der Waals surface area contributed by atoms with Gasteiger partial charge in [-0.3, -0.25) is 9.47 Å². The number of nitrogens with zero attached hydrogens (tertiary/aromatic N) is 4. The Labute approximate surface area is 233 Å². The third-order valence-corrected chi connectivity index (χ3v) is 7.85. The van der Waals surface area contributed by atoms with Gasteiger partial charge >= 0.3 is 5.69 Å². The number of halogens is 2. The van der Waals surface area contributed by atoms with Gasteiger partial charge in [0, 0.05) is 62.3 Å². The van der Waals surface area contributed by atoms with E-state index in [2.05, 4.69) is 30.6 Å². The second-order valence-corrected chi connectivity index (χ2v) is 11.7. The molecule has 204 valence electrons. The maximum absolute atomic E-state index is 15.0. The predicted octanol–water partition coefficient (Wildman–Crippen LogP) is 6.24. The largest absolute Gasteiger partial charge is 0.507 e. The quantitative estimate of drug-likeness (QED) is 0.328. The molecule has 0 saturated carbocycles. The normalized spacial score (nSPS) is 14.7. The van der Waals surface area contributed by atoms with Gasteiger partial charge in [0.1, 0.15) is 11.6 Å². The number of phenols is 1. The molecule has 0 radical (unpaired) electrons. The van der Waals surface area contributed by atoms with Crippen molar-refractivity contribution in [3.8, 4) is 33.7 Å². The number of anilines is 1. The smallest absolute Gasteiger partial charge is 0.332 e. The summed E-state index contributed by atoms with van der Waals surface area (Å²) in [6.45, 7) is 11.7. The first kappa shape index (κ1) is 27.0. The maximum atomic E-state index is 15.0. The summed E-state index contributed by atoms with van der Waals surface area (Å²) in [4.78, 5) is 16.9. The van der Waals surface area contributed by atoms with Gasteiger partial charge < -0.3 is 14.6 Å². The van der Waals surface area contributed by atoms with Crippen molar-refractivity contribution >= 4 is 17.3 Å². The Balaban J connectivity index is 1.50. The van der Waals surface area contributed by atoms with Crippen LogP contribution in [0.3, 0.4) is 0 Å². The number of aromatic nitrogens is 2. The molecule has 1 fully saturated rings. The first-order chi connectivity index (χ1) is 18.4. The average Bonchev–Trinajstić information content (AvgIpc) is 3.22. The highest BCUT2D eigenvalue weighted by Crippen LogP contribution is 2.41. The first-order valence-corrected chi connectivity index (χ1v) is 13.5. The number of hydrogen-bond donors (Lipinski definition) is 1. The molecule has 6 nitrogen and oxygen atoms in total. The Kier molecular flexibility index (Phi) is 7.08. The van der Waals surface area contributed by atoms with E-state index in [0.717, 1.165) is 42.9 Å². The topological polar surface area (TPSA) is 53.6 Å². The highest BCUT2D eigenvalue weighted by molar-refractivity contribution is 6.32. The van der Waals surface area contributed by atoms with Crippen LogP contribution >= 0.6 is 11.6 Å². The summed E-state index contributed by atoms with van der Waals surface area (Å²) < 4.78 is 18.0. The highest BCUT2D eigenvalue weighted by Gasteiger charge is 2.27. The van der Waals surface area contributed by atoms with Gasteiger partial charge in [0.25, 0.3) is 0 Å². The monoisotopic (exact) mass is 548 g/mol. The van der Waals surface area contributed by atoms with Gasteiger partial charge in [-0.1, -0.05) is 23.7 Å². The molecule has 5 rings (SSSR count). The second-order valence-electron chi connectivity index (χ2n) is 11.2. The fraction of sp³-hybridized carbons (Fsp3) is 0.323. The van der Waals surface area contributed by atoms with E-state index in [9.17, 15) is 9.90 Å². The number of rotatable bonds is 4. The Morgan fingerprint density at radius 3 is 2.05 bits per heavy atom. The van der Waals surface area contributed by atoms with Crippen LogP contribution in [0.1, 0.15) is 26.3 Å². The summed E-state index contributed by atoms with van der Waals surface area (Å²) in [5, 5.41) is 11.8. The Morgan fingerprint density at radius 2 is 1.49 bits per heavy atom. The molecule has 0 amide bonds. The number of aromatic hydroxyl groups is 1. The van der Waals surface area contributed by atoms with Gasteiger partial charge in [-0.25, -0.2) is 9.18 Å². The van der Waals surface area contributed by atoms with E-state index in [4.69, 9.17) is 11.6 Å². The van der Waals surface area contributed by atoms with E-state index >= 15 is 4.39 Å². The van der Waals surface area contributed by atoms with Crippen LogP contribution in [0.4, 0.5) is 10.1 Å². The molecule has 0 atom stereocenters. The molecule has 1 aromatic heterocycles. The zero-order chi connectivity index (χ0) is 28.1. The minimum Gasteiger partial charge on any atom is -0.507 e. The lowest BCUT2D eigenvalue weighted by Crippen LogP contribution is -2.53. The van der Waals surface area contributed by atoms with Crippen LogP contribution in [-0.2, 0) is 7.05 Å². The molecule has 39 heavy (non-hydrogen) atoms. The van der Waals surface area contributed by atoms with Crippen molar-refractivity contribution in [3.63, 3.8) is 0 Å². The molecule has 0 bridgehead atoms. The summed E-state index contributed by atoms with van der Waals surface area (Å²) in [7, 11) is 1.68. The number of benzene rings is 3. The van der Waals surface area contributed by atoms with Crippen LogP contribution in [-0.4, -0.2) is 50.9 Å².